The summed E-state index contributed by atoms with van der Waals surface area (Å²) in [5.41, 5.74) is 3.39. The molecule has 0 saturated carbocycles. The number of benzene rings is 2. The second kappa shape index (κ2) is 7.88. The number of H-pyrrole nitrogens is 1. The first-order chi connectivity index (χ1) is 13.3. The number of aromatic amines is 1. The molecule has 2 aromatic carbocycles. The number of rotatable bonds is 7. The number of hydrogen-bond donors (Lipinski definition) is 2. The van der Waals surface area contributed by atoms with Gasteiger partial charge in [0.05, 0.1) is 30.1 Å². The minimum atomic E-state index is -0.135. The maximum atomic E-state index is 12.5. The van der Waals surface area contributed by atoms with Gasteiger partial charge >= 0.3 is 0 Å². The Balaban J connectivity index is 1.35. The van der Waals surface area contributed by atoms with Gasteiger partial charge in [0, 0.05) is 11.9 Å². The van der Waals surface area contributed by atoms with Crippen molar-refractivity contribution in [3.05, 3.63) is 89.5 Å². The molecule has 2 heterocycles. The van der Waals surface area contributed by atoms with Crippen LogP contribution in [0.1, 0.15) is 27.2 Å². The lowest BCUT2D eigenvalue weighted by Crippen LogP contribution is -2.23. The minimum Gasteiger partial charge on any atom is -0.467 e. The molecule has 6 nitrogen and oxygen atoms in total. The second-order valence-electron chi connectivity index (χ2n) is 6.21. The highest BCUT2D eigenvalue weighted by atomic mass is 16.5. The van der Waals surface area contributed by atoms with Crippen molar-refractivity contribution in [3.8, 4) is 0 Å². The molecular weight excluding hydrogens is 342 g/mol. The van der Waals surface area contributed by atoms with E-state index in [1.807, 2.05) is 48.5 Å². The summed E-state index contributed by atoms with van der Waals surface area (Å²) in [5, 5.41) is 10.7. The third-order valence-corrected chi connectivity index (χ3v) is 4.26. The van der Waals surface area contributed by atoms with Crippen LogP contribution in [0.15, 0.2) is 71.5 Å². The number of amides is 1. The Morgan fingerprint density at radius 2 is 1.96 bits per heavy atom. The molecule has 2 N–H and O–H groups in total. The molecular formula is C21H19N3O3. The summed E-state index contributed by atoms with van der Waals surface area (Å²) in [6.07, 6.45) is 3.34. The van der Waals surface area contributed by atoms with Crippen LogP contribution in [0.4, 0.5) is 0 Å². The fourth-order valence-electron chi connectivity index (χ4n) is 2.93. The van der Waals surface area contributed by atoms with Crippen molar-refractivity contribution in [2.24, 2.45) is 0 Å². The number of hydrogen-bond acceptors (Lipinski definition) is 4. The topological polar surface area (TPSA) is 80.2 Å². The van der Waals surface area contributed by atoms with Crippen LogP contribution in [0.2, 0.25) is 0 Å². The molecule has 0 spiro atoms. The Bertz CT molecular complexity index is 1040. The van der Waals surface area contributed by atoms with Gasteiger partial charge in [-0.15, -0.1) is 0 Å². The lowest BCUT2D eigenvalue weighted by atomic mass is 10.1. The van der Waals surface area contributed by atoms with Crippen molar-refractivity contribution in [2.45, 2.75) is 19.8 Å². The molecule has 0 aliphatic rings. The van der Waals surface area contributed by atoms with E-state index < -0.39 is 0 Å². The summed E-state index contributed by atoms with van der Waals surface area (Å²) in [5.74, 6) is 0.663. The Morgan fingerprint density at radius 3 is 2.85 bits per heavy atom. The minimum absolute atomic E-state index is 0.135. The van der Waals surface area contributed by atoms with E-state index in [1.165, 1.54) is 0 Å². The molecule has 4 aromatic rings. The average molecular weight is 361 g/mol. The van der Waals surface area contributed by atoms with E-state index in [0.717, 1.165) is 27.8 Å². The molecule has 0 aliphatic heterocycles. The molecule has 0 radical (unpaired) electrons. The van der Waals surface area contributed by atoms with E-state index in [4.69, 9.17) is 9.15 Å². The molecule has 0 aliphatic carbocycles. The fraction of sp³-hybridized carbons (Fsp3) is 0.143. The predicted octanol–water partition coefficient (Wildman–Crippen LogP) is 3.80. The monoisotopic (exact) mass is 361 g/mol. The molecule has 136 valence electrons. The van der Waals surface area contributed by atoms with E-state index in [2.05, 4.69) is 15.5 Å². The van der Waals surface area contributed by atoms with Gasteiger partial charge in [0.25, 0.3) is 5.91 Å². The van der Waals surface area contributed by atoms with Gasteiger partial charge in [-0.3, -0.25) is 9.89 Å². The smallest absolute Gasteiger partial charge is 0.253 e. The zero-order valence-electron chi connectivity index (χ0n) is 14.6. The van der Waals surface area contributed by atoms with Gasteiger partial charge in [0.2, 0.25) is 0 Å². The Morgan fingerprint density at radius 1 is 1.07 bits per heavy atom. The zero-order chi connectivity index (χ0) is 18.5. The normalized spacial score (nSPS) is 11.0. The van der Waals surface area contributed by atoms with Gasteiger partial charge in [-0.25, -0.2) is 0 Å². The SMILES string of the molecule is O=C(NCc1cccc(COCc2ccco2)c1)c1cccc2cn[nH]c12. The highest BCUT2D eigenvalue weighted by Gasteiger charge is 2.11. The number of ether oxygens (including phenoxy) is 1. The van der Waals surface area contributed by atoms with Crippen LogP contribution in [-0.2, 0) is 24.5 Å². The van der Waals surface area contributed by atoms with E-state index in [1.54, 1.807) is 18.5 Å². The van der Waals surface area contributed by atoms with Crippen LogP contribution in [0, 0.1) is 0 Å². The van der Waals surface area contributed by atoms with Crippen molar-refractivity contribution in [1.82, 2.24) is 15.5 Å². The van der Waals surface area contributed by atoms with Crippen LogP contribution >= 0.6 is 0 Å². The second-order valence-corrected chi connectivity index (χ2v) is 6.21. The van der Waals surface area contributed by atoms with Gasteiger partial charge in [0.1, 0.15) is 12.4 Å². The predicted molar refractivity (Wildman–Crippen MR) is 101 cm³/mol. The first kappa shape index (κ1) is 17.1. The summed E-state index contributed by atoms with van der Waals surface area (Å²) in [6.45, 7) is 1.35. The average Bonchev–Trinajstić information content (AvgIpc) is 3.38. The summed E-state index contributed by atoms with van der Waals surface area (Å²) in [6, 6.07) is 17.2. The number of furan rings is 1. The largest absolute Gasteiger partial charge is 0.467 e. The number of fused-ring (bicyclic) bond motifs is 1. The van der Waals surface area contributed by atoms with Crippen LogP contribution in [0.25, 0.3) is 10.9 Å². The third-order valence-electron chi connectivity index (χ3n) is 4.26. The molecule has 0 saturated heterocycles. The number of para-hydroxylation sites is 1. The Labute approximate surface area is 156 Å². The van der Waals surface area contributed by atoms with Crippen LogP contribution in [0.3, 0.4) is 0 Å². The number of carbonyl (C=O) groups is 1. The maximum Gasteiger partial charge on any atom is 0.253 e. The number of nitrogens with one attached hydrogen (secondary N) is 2. The van der Waals surface area contributed by atoms with E-state index in [-0.39, 0.29) is 5.91 Å². The standard InChI is InChI=1S/C21H19N3O3/c25-21(19-8-2-6-17-12-23-24-20(17)19)22-11-15-4-1-5-16(10-15)13-26-14-18-7-3-9-27-18/h1-10,12H,11,13-14H2,(H,22,25)(H,23,24). The lowest BCUT2D eigenvalue weighted by Gasteiger charge is -2.08. The number of carbonyl (C=O) groups excluding carboxylic acids is 1. The fourth-order valence-corrected chi connectivity index (χ4v) is 2.93. The zero-order valence-corrected chi connectivity index (χ0v) is 14.6. The van der Waals surface area contributed by atoms with Gasteiger partial charge in [-0.05, 0) is 29.3 Å². The first-order valence-electron chi connectivity index (χ1n) is 8.68. The number of aromatic nitrogens is 2. The molecule has 0 unspecified atom stereocenters. The lowest BCUT2D eigenvalue weighted by molar-refractivity contribution is 0.0928. The van der Waals surface area contributed by atoms with Crippen LogP contribution in [0.5, 0.6) is 0 Å². The molecule has 27 heavy (non-hydrogen) atoms. The first-order valence-corrected chi connectivity index (χ1v) is 8.68. The molecule has 0 atom stereocenters. The van der Waals surface area contributed by atoms with Gasteiger partial charge in [-0.2, -0.15) is 5.10 Å². The molecule has 2 aromatic heterocycles. The highest BCUT2D eigenvalue weighted by Crippen LogP contribution is 2.16. The Hall–Kier alpha value is -3.38. The van der Waals surface area contributed by atoms with Gasteiger partial charge < -0.3 is 14.5 Å². The molecule has 0 bridgehead atoms. The van der Waals surface area contributed by atoms with E-state index >= 15 is 0 Å². The van der Waals surface area contributed by atoms with Crippen molar-refractivity contribution < 1.29 is 13.9 Å². The third kappa shape index (κ3) is 4.07. The van der Waals surface area contributed by atoms with Crippen molar-refractivity contribution in [1.29, 1.82) is 0 Å². The number of nitrogens with zero attached hydrogens (tertiary/aromatic N) is 1. The summed E-state index contributed by atoms with van der Waals surface area (Å²) < 4.78 is 10.9. The molecule has 6 heteroatoms. The summed E-state index contributed by atoms with van der Waals surface area (Å²) >= 11 is 0. The maximum absolute atomic E-state index is 12.5. The van der Waals surface area contributed by atoms with Gasteiger partial charge in [0.15, 0.2) is 0 Å². The quantitative estimate of drug-likeness (QED) is 0.525. The van der Waals surface area contributed by atoms with E-state index in [9.17, 15) is 4.79 Å². The highest BCUT2D eigenvalue weighted by molar-refractivity contribution is 6.05. The molecule has 0 fully saturated rings. The van der Waals surface area contributed by atoms with Gasteiger partial charge in [-0.1, -0.05) is 36.4 Å². The van der Waals surface area contributed by atoms with Crippen molar-refractivity contribution >= 4 is 16.8 Å². The Kier molecular flexibility index (Phi) is 4.98. The van der Waals surface area contributed by atoms with Crippen LogP contribution < -0.4 is 5.32 Å². The molecule has 4 rings (SSSR count). The summed E-state index contributed by atoms with van der Waals surface area (Å²) in [7, 11) is 0. The summed E-state index contributed by atoms with van der Waals surface area (Å²) in [4.78, 5) is 12.5. The van der Waals surface area contributed by atoms with Crippen molar-refractivity contribution in [2.75, 3.05) is 0 Å². The van der Waals surface area contributed by atoms with Crippen molar-refractivity contribution in [3.63, 3.8) is 0 Å². The van der Waals surface area contributed by atoms with Crippen LogP contribution in [-0.4, -0.2) is 16.1 Å². The van der Waals surface area contributed by atoms with E-state index in [0.29, 0.717) is 25.3 Å². The molecule has 1 amide bonds.